The van der Waals surface area contributed by atoms with E-state index in [9.17, 15) is 13.2 Å². The highest BCUT2D eigenvalue weighted by Crippen LogP contribution is 2.34. The van der Waals surface area contributed by atoms with Crippen LogP contribution in [0.3, 0.4) is 0 Å². The second-order valence-corrected chi connectivity index (χ2v) is 7.62. The van der Waals surface area contributed by atoms with Crippen molar-refractivity contribution >= 4 is 0 Å². The molecule has 0 saturated heterocycles. The normalized spacial score (nSPS) is 15.3. The van der Waals surface area contributed by atoms with Gasteiger partial charge in [-0.25, -0.2) is 0 Å². The first-order valence-electron chi connectivity index (χ1n) is 10.1. The summed E-state index contributed by atoms with van der Waals surface area (Å²) >= 11 is 0. The largest absolute Gasteiger partial charge is 0.417 e. The maximum absolute atomic E-state index is 13.1. The second kappa shape index (κ2) is 8.16. The predicted octanol–water partition coefficient (Wildman–Crippen LogP) is 4.36. The highest BCUT2D eigenvalue weighted by Gasteiger charge is 2.33. The Morgan fingerprint density at radius 3 is 2.41 bits per heavy atom. The number of halogens is 3. The summed E-state index contributed by atoms with van der Waals surface area (Å²) in [4.78, 5) is 10.3. The Balaban J connectivity index is 1.47. The van der Waals surface area contributed by atoms with Crippen LogP contribution in [0.4, 0.5) is 13.2 Å². The zero-order valence-corrected chi connectivity index (χ0v) is 16.9. The molecular weight excluding hydrogens is 417 g/mol. The van der Waals surface area contributed by atoms with Crippen molar-refractivity contribution in [2.75, 3.05) is 6.54 Å². The highest BCUT2D eigenvalue weighted by atomic mass is 19.4. The van der Waals surface area contributed by atoms with Gasteiger partial charge in [0.1, 0.15) is 5.82 Å². The molecule has 0 aliphatic carbocycles. The summed E-state index contributed by atoms with van der Waals surface area (Å²) in [5.74, 6) is 1.10. The number of benzene rings is 1. The Morgan fingerprint density at radius 2 is 1.66 bits per heavy atom. The zero-order valence-electron chi connectivity index (χ0n) is 16.9. The molecule has 1 aromatic carbocycles. The minimum atomic E-state index is -4.46. The van der Waals surface area contributed by atoms with Gasteiger partial charge in [-0.15, -0.1) is 10.2 Å². The lowest BCUT2D eigenvalue weighted by Crippen LogP contribution is -2.37. The Kier molecular flexibility index (Phi) is 5.18. The molecule has 9 heteroatoms. The number of hydrogen-bond acceptors (Lipinski definition) is 5. The molecule has 5 rings (SSSR count). The van der Waals surface area contributed by atoms with Crippen molar-refractivity contribution in [1.82, 2.24) is 29.6 Å². The SMILES string of the molecule is FC(F)(F)c1cncc(-c2nnc3n2CCN(C(c2ccccc2)c2cccnc2)C3)c1. The Bertz CT molecular complexity index is 1170. The molecule has 0 radical (unpaired) electrons. The molecule has 32 heavy (non-hydrogen) atoms. The van der Waals surface area contributed by atoms with Crippen LogP contribution in [0.1, 0.15) is 28.6 Å². The lowest BCUT2D eigenvalue weighted by atomic mass is 9.98. The van der Waals surface area contributed by atoms with Crippen LogP contribution in [0.15, 0.2) is 73.3 Å². The highest BCUT2D eigenvalue weighted by molar-refractivity contribution is 5.55. The van der Waals surface area contributed by atoms with Crippen molar-refractivity contribution in [3.05, 3.63) is 95.8 Å². The first-order chi connectivity index (χ1) is 15.5. The Morgan fingerprint density at radius 1 is 0.844 bits per heavy atom. The van der Waals surface area contributed by atoms with Crippen LogP contribution in [0, 0.1) is 0 Å². The van der Waals surface area contributed by atoms with Gasteiger partial charge in [-0.1, -0.05) is 36.4 Å². The maximum Gasteiger partial charge on any atom is 0.417 e. The van der Waals surface area contributed by atoms with E-state index < -0.39 is 11.7 Å². The molecule has 0 fully saturated rings. The summed E-state index contributed by atoms with van der Waals surface area (Å²) in [6.45, 7) is 1.74. The minimum Gasteiger partial charge on any atom is -0.309 e. The number of pyridine rings is 2. The van der Waals surface area contributed by atoms with E-state index in [2.05, 4.69) is 37.2 Å². The van der Waals surface area contributed by atoms with E-state index in [1.54, 1.807) is 6.20 Å². The minimum absolute atomic E-state index is 0.0194. The lowest BCUT2D eigenvalue weighted by Gasteiger charge is -2.35. The third-order valence-corrected chi connectivity index (χ3v) is 5.59. The van der Waals surface area contributed by atoms with Gasteiger partial charge in [0.2, 0.25) is 0 Å². The number of hydrogen-bond donors (Lipinski definition) is 0. The molecule has 0 bridgehead atoms. The van der Waals surface area contributed by atoms with Gasteiger partial charge in [-0.3, -0.25) is 14.9 Å². The standard InChI is InChI=1S/C23H19F3N6/c24-23(25,26)19-11-18(13-28-14-19)22-30-29-20-15-31(9-10-32(20)22)21(16-5-2-1-3-6-16)17-7-4-8-27-12-17/h1-8,11-14,21H,9-10,15H2. The van der Waals surface area contributed by atoms with Crippen molar-refractivity contribution in [1.29, 1.82) is 0 Å². The van der Waals surface area contributed by atoms with E-state index in [4.69, 9.17) is 0 Å². The van der Waals surface area contributed by atoms with Gasteiger partial charge >= 0.3 is 6.18 Å². The summed E-state index contributed by atoms with van der Waals surface area (Å²) in [6.07, 6.45) is 1.35. The van der Waals surface area contributed by atoms with Crippen molar-refractivity contribution < 1.29 is 13.2 Å². The molecule has 0 saturated carbocycles. The summed E-state index contributed by atoms with van der Waals surface area (Å²) in [6, 6.07) is 15.2. The van der Waals surface area contributed by atoms with E-state index >= 15 is 0 Å². The fourth-order valence-corrected chi connectivity index (χ4v) is 4.11. The van der Waals surface area contributed by atoms with Gasteiger partial charge in [0.05, 0.1) is 18.2 Å². The monoisotopic (exact) mass is 436 g/mol. The molecule has 1 aliphatic rings. The van der Waals surface area contributed by atoms with Gasteiger partial charge in [0.25, 0.3) is 0 Å². The molecule has 0 spiro atoms. The molecule has 4 aromatic rings. The number of rotatable bonds is 4. The van der Waals surface area contributed by atoms with E-state index in [1.807, 2.05) is 41.1 Å². The van der Waals surface area contributed by atoms with Gasteiger partial charge < -0.3 is 4.57 Å². The van der Waals surface area contributed by atoms with Crippen LogP contribution in [-0.4, -0.2) is 36.2 Å². The van der Waals surface area contributed by atoms with E-state index in [-0.39, 0.29) is 6.04 Å². The van der Waals surface area contributed by atoms with Gasteiger partial charge in [-0.2, -0.15) is 13.2 Å². The van der Waals surface area contributed by atoms with Gasteiger partial charge in [-0.05, 0) is 23.3 Å². The van der Waals surface area contributed by atoms with Crippen molar-refractivity contribution in [2.24, 2.45) is 0 Å². The zero-order chi connectivity index (χ0) is 22.1. The van der Waals surface area contributed by atoms with Crippen molar-refractivity contribution in [3.63, 3.8) is 0 Å². The summed E-state index contributed by atoms with van der Waals surface area (Å²) < 4.78 is 41.2. The average molecular weight is 436 g/mol. The smallest absolute Gasteiger partial charge is 0.309 e. The third kappa shape index (κ3) is 3.87. The maximum atomic E-state index is 13.1. The summed E-state index contributed by atoms with van der Waals surface area (Å²) in [5, 5.41) is 8.49. The van der Waals surface area contributed by atoms with Gasteiger partial charge in [0.15, 0.2) is 5.82 Å². The van der Waals surface area contributed by atoms with Gasteiger partial charge in [0, 0.05) is 43.4 Å². The fourth-order valence-electron chi connectivity index (χ4n) is 4.11. The molecule has 0 N–H and O–H groups in total. The molecule has 162 valence electrons. The Labute approximate surface area is 182 Å². The van der Waals surface area contributed by atoms with E-state index in [1.165, 1.54) is 6.20 Å². The summed E-state index contributed by atoms with van der Waals surface area (Å²) in [5.41, 5.74) is 1.70. The van der Waals surface area contributed by atoms with E-state index in [0.29, 0.717) is 36.8 Å². The van der Waals surface area contributed by atoms with Crippen LogP contribution >= 0.6 is 0 Å². The van der Waals surface area contributed by atoms with Crippen LogP contribution < -0.4 is 0 Å². The second-order valence-electron chi connectivity index (χ2n) is 7.62. The predicted molar refractivity (Wildman–Crippen MR) is 111 cm³/mol. The third-order valence-electron chi connectivity index (χ3n) is 5.59. The molecule has 1 unspecified atom stereocenters. The first-order valence-corrected chi connectivity index (χ1v) is 10.1. The van der Waals surface area contributed by atoms with Crippen LogP contribution in [0.2, 0.25) is 0 Å². The quantitative estimate of drug-likeness (QED) is 0.476. The van der Waals surface area contributed by atoms with Crippen molar-refractivity contribution in [2.45, 2.75) is 25.3 Å². The molecule has 4 heterocycles. The Hall–Kier alpha value is -3.59. The number of fused-ring (bicyclic) bond motifs is 1. The topological polar surface area (TPSA) is 59.7 Å². The number of alkyl halides is 3. The number of aromatic nitrogens is 5. The molecule has 0 amide bonds. The number of nitrogens with zero attached hydrogens (tertiary/aromatic N) is 6. The van der Waals surface area contributed by atoms with Crippen molar-refractivity contribution in [3.8, 4) is 11.4 Å². The molecule has 1 aliphatic heterocycles. The van der Waals surface area contributed by atoms with Crippen LogP contribution in [-0.2, 0) is 19.3 Å². The molecule has 6 nitrogen and oxygen atoms in total. The van der Waals surface area contributed by atoms with Crippen LogP contribution in [0.5, 0.6) is 0 Å². The van der Waals surface area contributed by atoms with Crippen LogP contribution in [0.25, 0.3) is 11.4 Å². The summed E-state index contributed by atoms with van der Waals surface area (Å²) in [7, 11) is 0. The van der Waals surface area contributed by atoms with E-state index in [0.717, 1.165) is 23.4 Å². The molecule has 1 atom stereocenters. The first kappa shape index (κ1) is 20.3. The molecule has 3 aromatic heterocycles. The molecular formula is C23H19F3N6. The average Bonchev–Trinajstić information content (AvgIpc) is 3.24. The lowest BCUT2D eigenvalue weighted by molar-refractivity contribution is -0.137. The fraction of sp³-hybridized carbons (Fsp3) is 0.217.